The van der Waals surface area contributed by atoms with Crippen molar-refractivity contribution in [2.24, 2.45) is 0 Å². The molecule has 0 fully saturated rings. The van der Waals surface area contributed by atoms with E-state index in [1.807, 2.05) is 0 Å². The van der Waals surface area contributed by atoms with Gasteiger partial charge in [0.05, 0.1) is 6.61 Å². The van der Waals surface area contributed by atoms with E-state index in [1.165, 1.54) is 0 Å². The fourth-order valence-electron chi connectivity index (χ4n) is 1.95. The Bertz CT molecular complexity index is 172. The first kappa shape index (κ1) is 17.8. The number of methoxy groups -OCH3 is 1. The number of aliphatic hydroxyl groups is 1. The topological polar surface area (TPSA) is 50.7 Å². The molecule has 4 nitrogen and oxygen atoms in total. The third-order valence-electron chi connectivity index (χ3n) is 3.31. The quantitative estimate of drug-likeness (QED) is 0.498. The summed E-state index contributed by atoms with van der Waals surface area (Å²) in [6.07, 6.45) is 4.94. The summed E-state index contributed by atoms with van der Waals surface area (Å²) >= 11 is 0. The van der Waals surface area contributed by atoms with Crippen LogP contribution in [0.5, 0.6) is 0 Å². The molecule has 0 saturated carbocycles. The van der Waals surface area contributed by atoms with Gasteiger partial charge in [0.2, 0.25) is 0 Å². The smallest absolute Gasteiger partial charge is 0.0613 e. The Kier molecular flexibility index (Phi) is 11.8. The van der Waals surface area contributed by atoms with Crippen LogP contribution in [0.15, 0.2) is 0 Å². The highest BCUT2D eigenvalue weighted by atomic mass is 16.5. The molecule has 1 atom stereocenters. The summed E-state index contributed by atoms with van der Waals surface area (Å²) in [6, 6.07) is 0. The number of hydrogen-bond donors (Lipinski definition) is 2. The first-order valence-electron chi connectivity index (χ1n) is 7.17. The molecular formula is C14H31NO3. The van der Waals surface area contributed by atoms with Crippen LogP contribution in [-0.2, 0) is 9.47 Å². The number of rotatable bonds is 13. The maximum Gasteiger partial charge on any atom is 0.0613 e. The summed E-state index contributed by atoms with van der Waals surface area (Å²) in [6.45, 7) is 7.71. The van der Waals surface area contributed by atoms with Gasteiger partial charge in [-0.3, -0.25) is 0 Å². The maximum atomic E-state index is 9.56. The molecule has 0 aromatic rings. The number of nitrogens with one attached hydrogen (secondary N) is 1. The molecule has 110 valence electrons. The van der Waals surface area contributed by atoms with E-state index in [0.29, 0.717) is 0 Å². The van der Waals surface area contributed by atoms with Crippen LogP contribution in [0, 0.1) is 0 Å². The van der Waals surface area contributed by atoms with E-state index >= 15 is 0 Å². The van der Waals surface area contributed by atoms with Crippen molar-refractivity contribution < 1.29 is 14.6 Å². The molecular weight excluding hydrogens is 230 g/mol. The van der Waals surface area contributed by atoms with Crippen molar-refractivity contribution in [2.75, 3.05) is 40.1 Å². The normalized spacial score (nSPS) is 14.7. The maximum absolute atomic E-state index is 9.56. The minimum Gasteiger partial charge on any atom is -0.394 e. The molecule has 0 heterocycles. The number of aliphatic hydroxyl groups excluding tert-OH is 1. The summed E-state index contributed by atoms with van der Waals surface area (Å²) < 4.78 is 10.5. The second kappa shape index (κ2) is 11.9. The highest BCUT2D eigenvalue weighted by Gasteiger charge is 2.25. The number of ether oxygens (including phenoxy) is 2. The van der Waals surface area contributed by atoms with E-state index in [2.05, 4.69) is 19.2 Å². The average Bonchev–Trinajstić information content (AvgIpc) is 2.42. The van der Waals surface area contributed by atoms with Crippen LogP contribution in [0.1, 0.15) is 46.0 Å². The molecule has 0 amide bonds. The van der Waals surface area contributed by atoms with Gasteiger partial charge in [-0.15, -0.1) is 0 Å². The summed E-state index contributed by atoms with van der Waals surface area (Å²) in [4.78, 5) is 0. The van der Waals surface area contributed by atoms with Gasteiger partial charge in [0.15, 0.2) is 0 Å². The SMILES string of the molecule is CCCNC(CC)(CO)CCCOCCCOC. The molecule has 0 bridgehead atoms. The predicted octanol–water partition coefficient (Wildman–Crippen LogP) is 1.96. The van der Waals surface area contributed by atoms with E-state index in [4.69, 9.17) is 9.47 Å². The van der Waals surface area contributed by atoms with E-state index in [1.54, 1.807) is 7.11 Å². The molecule has 0 spiro atoms. The third-order valence-corrected chi connectivity index (χ3v) is 3.31. The highest BCUT2D eigenvalue weighted by molar-refractivity contribution is 4.85. The Balaban J connectivity index is 3.69. The molecule has 0 aliphatic carbocycles. The lowest BCUT2D eigenvalue weighted by atomic mass is 9.91. The fraction of sp³-hybridized carbons (Fsp3) is 1.00. The van der Waals surface area contributed by atoms with Crippen LogP contribution in [0.3, 0.4) is 0 Å². The third kappa shape index (κ3) is 8.03. The largest absolute Gasteiger partial charge is 0.394 e. The zero-order chi connectivity index (χ0) is 13.7. The lowest BCUT2D eigenvalue weighted by Crippen LogP contribution is -2.48. The Hall–Kier alpha value is -0.160. The van der Waals surface area contributed by atoms with Crippen molar-refractivity contribution in [2.45, 2.75) is 51.5 Å². The van der Waals surface area contributed by atoms with Crippen molar-refractivity contribution in [3.8, 4) is 0 Å². The molecule has 0 aliphatic heterocycles. The highest BCUT2D eigenvalue weighted by Crippen LogP contribution is 2.17. The first-order valence-corrected chi connectivity index (χ1v) is 7.17. The van der Waals surface area contributed by atoms with Gasteiger partial charge in [0, 0.05) is 32.5 Å². The molecule has 4 heteroatoms. The Morgan fingerprint density at radius 3 is 2.39 bits per heavy atom. The molecule has 0 rings (SSSR count). The van der Waals surface area contributed by atoms with Gasteiger partial charge < -0.3 is 19.9 Å². The van der Waals surface area contributed by atoms with Crippen LogP contribution in [0.2, 0.25) is 0 Å². The second-order valence-corrected chi connectivity index (χ2v) is 4.78. The van der Waals surface area contributed by atoms with Gasteiger partial charge in [-0.2, -0.15) is 0 Å². The zero-order valence-corrected chi connectivity index (χ0v) is 12.3. The monoisotopic (exact) mass is 261 g/mol. The summed E-state index contributed by atoms with van der Waals surface area (Å²) in [5.41, 5.74) is -0.119. The van der Waals surface area contributed by atoms with Gasteiger partial charge in [-0.25, -0.2) is 0 Å². The van der Waals surface area contributed by atoms with Crippen LogP contribution < -0.4 is 5.32 Å². The van der Waals surface area contributed by atoms with Crippen molar-refractivity contribution in [3.63, 3.8) is 0 Å². The molecule has 2 N–H and O–H groups in total. The van der Waals surface area contributed by atoms with Crippen molar-refractivity contribution >= 4 is 0 Å². The second-order valence-electron chi connectivity index (χ2n) is 4.78. The lowest BCUT2D eigenvalue weighted by Gasteiger charge is -2.32. The summed E-state index contributed by atoms with van der Waals surface area (Å²) in [7, 11) is 1.70. The minimum atomic E-state index is -0.119. The summed E-state index contributed by atoms with van der Waals surface area (Å²) in [5.74, 6) is 0. The van der Waals surface area contributed by atoms with Crippen molar-refractivity contribution in [1.82, 2.24) is 5.32 Å². The first-order chi connectivity index (χ1) is 8.74. The molecule has 18 heavy (non-hydrogen) atoms. The molecule has 0 aromatic heterocycles. The van der Waals surface area contributed by atoms with E-state index in [9.17, 15) is 5.11 Å². The zero-order valence-electron chi connectivity index (χ0n) is 12.3. The van der Waals surface area contributed by atoms with Gasteiger partial charge in [-0.05, 0) is 38.6 Å². The predicted molar refractivity (Wildman–Crippen MR) is 74.9 cm³/mol. The molecule has 0 aromatic carbocycles. The summed E-state index contributed by atoms with van der Waals surface area (Å²) in [5, 5.41) is 13.0. The fourth-order valence-corrected chi connectivity index (χ4v) is 1.95. The van der Waals surface area contributed by atoms with Crippen LogP contribution >= 0.6 is 0 Å². The van der Waals surface area contributed by atoms with Gasteiger partial charge in [0.1, 0.15) is 0 Å². The van der Waals surface area contributed by atoms with E-state index < -0.39 is 0 Å². The molecule has 0 aliphatic rings. The Morgan fingerprint density at radius 2 is 1.83 bits per heavy atom. The van der Waals surface area contributed by atoms with Gasteiger partial charge >= 0.3 is 0 Å². The van der Waals surface area contributed by atoms with Gasteiger partial charge in [-0.1, -0.05) is 13.8 Å². The Morgan fingerprint density at radius 1 is 1.11 bits per heavy atom. The van der Waals surface area contributed by atoms with Crippen molar-refractivity contribution in [1.29, 1.82) is 0 Å². The molecule has 0 radical (unpaired) electrons. The van der Waals surface area contributed by atoms with Gasteiger partial charge in [0.25, 0.3) is 0 Å². The van der Waals surface area contributed by atoms with E-state index in [-0.39, 0.29) is 12.1 Å². The lowest BCUT2D eigenvalue weighted by molar-refractivity contribution is 0.0864. The van der Waals surface area contributed by atoms with Crippen LogP contribution in [0.25, 0.3) is 0 Å². The molecule has 0 saturated heterocycles. The number of hydrogen-bond acceptors (Lipinski definition) is 4. The average molecular weight is 261 g/mol. The van der Waals surface area contributed by atoms with Crippen LogP contribution in [0.4, 0.5) is 0 Å². The molecule has 1 unspecified atom stereocenters. The van der Waals surface area contributed by atoms with E-state index in [0.717, 1.165) is 58.5 Å². The standard InChI is InChI=1S/C14H31NO3/c1-4-9-15-14(5-2,13-16)8-6-11-18-12-7-10-17-3/h15-16H,4-13H2,1-3H3. The van der Waals surface area contributed by atoms with Crippen LogP contribution in [-0.4, -0.2) is 50.7 Å². The Labute approximate surface area is 112 Å². The van der Waals surface area contributed by atoms with Crippen molar-refractivity contribution in [3.05, 3.63) is 0 Å². The minimum absolute atomic E-state index is 0.119.